The first-order chi connectivity index (χ1) is 9.76. The minimum Gasteiger partial charge on any atom is -0.344 e. The van der Waals surface area contributed by atoms with Crippen molar-refractivity contribution in [2.24, 2.45) is 0 Å². The summed E-state index contributed by atoms with van der Waals surface area (Å²) in [7, 11) is -4.73. The second-order valence-electron chi connectivity index (χ2n) is 4.82. The van der Waals surface area contributed by atoms with E-state index in [1.165, 1.54) is 18.3 Å². The van der Waals surface area contributed by atoms with Crippen LogP contribution in [0.2, 0.25) is 0 Å². The lowest BCUT2D eigenvalue weighted by Crippen LogP contribution is -2.76. The fraction of sp³-hybridized carbons (Fsp3) is 0.545. The number of carbonyl (C=O) groups is 2. The fourth-order valence-electron chi connectivity index (χ4n) is 2.42. The Morgan fingerprint density at radius 3 is 2.81 bits per heavy atom. The molecule has 2 amide bonds. The molecule has 2 heterocycles. The standard InChI is InChI=1S/C11H15N3O5S2/c1-3-4-8-13-7(5-20-8)11(2)9(12-6-15)10(16)14(11)21(17,18)19/h5-6,9H,3-4H2,1-2H3,(H,12,15)(H,17,18,19)/t9-,11-/m1/s1. The molecule has 0 radical (unpaired) electrons. The molecule has 2 rings (SSSR count). The lowest BCUT2D eigenvalue weighted by molar-refractivity contribution is -0.153. The Kier molecular flexibility index (Phi) is 4.04. The van der Waals surface area contributed by atoms with Crippen molar-refractivity contribution in [2.75, 3.05) is 0 Å². The normalized spacial score (nSPS) is 25.6. The van der Waals surface area contributed by atoms with Gasteiger partial charge in [0.05, 0.1) is 10.7 Å². The van der Waals surface area contributed by atoms with Gasteiger partial charge in [-0.3, -0.25) is 14.1 Å². The van der Waals surface area contributed by atoms with Gasteiger partial charge in [-0.05, 0) is 19.8 Å². The van der Waals surface area contributed by atoms with Crippen LogP contribution >= 0.6 is 11.3 Å². The Morgan fingerprint density at radius 2 is 2.29 bits per heavy atom. The highest BCUT2D eigenvalue weighted by Gasteiger charge is 2.64. The van der Waals surface area contributed by atoms with Crippen LogP contribution in [0.3, 0.4) is 0 Å². The van der Waals surface area contributed by atoms with Crippen molar-refractivity contribution in [1.29, 1.82) is 0 Å². The summed E-state index contributed by atoms with van der Waals surface area (Å²) in [5, 5.41) is 4.71. The second kappa shape index (κ2) is 5.35. The van der Waals surface area contributed by atoms with Gasteiger partial charge < -0.3 is 5.32 Å². The van der Waals surface area contributed by atoms with E-state index in [-0.39, 0.29) is 0 Å². The van der Waals surface area contributed by atoms with Crippen LogP contribution < -0.4 is 5.32 Å². The first-order valence-corrected chi connectivity index (χ1v) is 8.50. The van der Waals surface area contributed by atoms with Gasteiger partial charge >= 0.3 is 10.3 Å². The van der Waals surface area contributed by atoms with Gasteiger partial charge in [-0.15, -0.1) is 11.3 Å². The number of amides is 2. The summed E-state index contributed by atoms with van der Waals surface area (Å²) >= 11 is 1.34. The van der Waals surface area contributed by atoms with E-state index >= 15 is 0 Å². The van der Waals surface area contributed by atoms with Crippen LogP contribution in [0, 0.1) is 0 Å². The number of thiazole rings is 1. The molecule has 0 bridgehead atoms. The number of nitrogens with one attached hydrogen (secondary N) is 1. The lowest BCUT2D eigenvalue weighted by Gasteiger charge is -2.51. The summed E-state index contributed by atoms with van der Waals surface area (Å²) < 4.78 is 32.4. The van der Waals surface area contributed by atoms with E-state index in [1.807, 2.05) is 6.92 Å². The summed E-state index contributed by atoms with van der Waals surface area (Å²) in [6.07, 6.45) is 1.93. The van der Waals surface area contributed by atoms with Gasteiger partial charge in [-0.2, -0.15) is 8.42 Å². The minimum absolute atomic E-state index is 0.321. The van der Waals surface area contributed by atoms with Crippen LogP contribution in [-0.4, -0.2) is 40.6 Å². The van der Waals surface area contributed by atoms with Crippen molar-refractivity contribution in [2.45, 2.75) is 38.3 Å². The van der Waals surface area contributed by atoms with Gasteiger partial charge in [0.25, 0.3) is 5.91 Å². The summed E-state index contributed by atoms with van der Waals surface area (Å²) in [5.41, 5.74) is -1.10. The molecule has 21 heavy (non-hydrogen) atoms. The van der Waals surface area contributed by atoms with Crippen LogP contribution in [0.1, 0.15) is 31.0 Å². The largest absolute Gasteiger partial charge is 0.363 e. The van der Waals surface area contributed by atoms with Gasteiger partial charge in [0.2, 0.25) is 6.41 Å². The maximum atomic E-state index is 11.9. The summed E-state index contributed by atoms with van der Waals surface area (Å²) in [4.78, 5) is 26.8. The number of hydrogen-bond acceptors (Lipinski definition) is 6. The zero-order chi connectivity index (χ0) is 15.8. The molecule has 1 aliphatic rings. The number of β-lactam (4-membered cyclic amide) rings is 1. The molecule has 1 fully saturated rings. The van der Waals surface area contributed by atoms with Crippen LogP contribution in [0.15, 0.2) is 5.38 Å². The molecule has 1 aliphatic heterocycles. The quantitative estimate of drug-likeness (QED) is 0.432. The Bertz CT molecular complexity index is 671. The van der Waals surface area contributed by atoms with Crippen molar-refractivity contribution in [3.63, 3.8) is 0 Å². The molecular formula is C11H15N3O5S2. The average molecular weight is 333 g/mol. The van der Waals surface area contributed by atoms with E-state index < -0.39 is 27.8 Å². The number of aryl methyl sites for hydroxylation is 1. The highest BCUT2D eigenvalue weighted by Crippen LogP contribution is 2.43. The molecule has 2 N–H and O–H groups in total. The monoisotopic (exact) mass is 333 g/mol. The topological polar surface area (TPSA) is 117 Å². The lowest BCUT2D eigenvalue weighted by atomic mass is 9.81. The molecule has 1 saturated heterocycles. The van der Waals surface area contributed by atoms with Crippen molar-refractivity contribution in [1.82, 2.24) is 14.6 Å². The number of hydrogen-bond donors (Lipinski definition) is 2. The number of nitrogens with zero attached hydrogens (tertiary/aromatic N) is 2. The molecule has 116 valence electrons. The number of aromatic nitrogens is 1. The van der Waals surface area contributed by atoms with Crippen molar-refractivity contribution < 1.29 is 22.6 Å². The summed E-state index contributed by atoms with van der Waals surface area (Å²) in [5.74, 6) is -0.892. The first-order valence-electron chi connectivity index (χ1n) is 6.23. The molecule has 10 heteroatoms. The zero-order valence-electron chi connectivity index (χ0n) is 11.4. The second-order valence-corrected chi connectivity index (χ2v) is 7.03. The predicted molar refractivity (Wildman–Crippen MR) is 74.8 cm³/mol. The Hall–Kier alpha value is -1.52. The van der Waals surface area contributed by atoms with Crippen LogP contribution in [0.25, 0.3) is 0 Å². The van der Waals surface area contributed by atoms with E-state index in [4.69, 9.17) is 0 Å². The third-order valence-corrected chi connectivity index (χ3v) is 5.36. The van der Waals surface area contributed by atoms with E-state index in [2.05, 4.69) is 10.3 Å². The van der Waals surface area contributed by atoms with Gasteiger partial charge in [0.1, 0.15) is 11.6 Å². The van der Waals surface area contributed by atoms with Crippen molar-refractivity contribution >= 4 is 34.0 Å². The smallest absolute Gasteiger partial charge is 0.344 e. The van der Waals surface area contributed by atoms with Gasteiger partial charge in [-0.25, -0.2) is 9.29 Å². The molecule has 0 aromatic carbocycles. The molecule has 0 saturated carbocycles. The maximum absolute atomic E-state index is 11.9. The zero-order valence-corrected chi connectivity index (χ0v) is 13.1. The van der Waals surface area contributed by atoms with E-state index in [9.17, 15) is 22.6 Å². The van der Waals surface area contributed by atoms with Crippen molar-refractivity contribution in [3.05, 3.63) is 16.1 Å². The van der Waals surface area contributed by atoms with Crippen LogP contribution in [0.5, 0.6) is 0 Å². The first kappa shape index (κ1) is 15.9. The number of rotatable bonds is 6. The average Bonchev–Trinajstić information content (AvgIpc) is 2.83. The van der Waals surface area contributed by atoms with Crippen LogP contribution in [-0.2, 0) is 31.9 Å². The summed E-state index contributed by atoms with van der Waals surface area (Å²) in [6, 6.07) is -1.08. The van der Waals surface area contributed by atoms with Crippen molar-refractivity contribution in [3.8, 4) is 0 Å². The molecule has 1 aromatic rings. The Morgan fingerprint density at radius 1 is 1.62 bits per heavy atom. The van der Waals surface area contributed by atoms with E-state index in [1.54, 1.807) is 5.38 Å². The Balaban J connectivity index is 2.46. The molecule has 0 spiro atoms. The Labute approximate surface area is 126 Å². The predicted octanol–water partition coefficient (Wildman–Crippen LogP) is 0.0704. The maximum Gasteiger partial charge on any atom is 0.363 e. The molecule has 1 aromatic heterocycles. The van der Waals surface area contributed by atoms with E-state index in [0.717, 1.165) is 17.8 Å². The SMILES string of the molecule is CCCc1nc([C@]2(C)[C@H](NC=O)C(=O)N2S(=O)(=O)O)cs1. The molecule has 0 unspecified atom stereocenters. The van der Waals surface area contributed by atoms with Crippen LogP contribution in [0.4, 0.5) is 0 Å². The van der Waals surface area contributed by atoms with E-state index in [0.29, 0.717) is 16.4 Å². The minimum atomic E-state index is -4.73. The molecule has 0 aliphatic carbocycles. The highest BCUT2D eigenvalue weighted by molar-refractivity contribution is 7.84. The third kappa shape index (κ3) is 2.43. The highest BCUT2D eigenvalue weighted by atomic mass is 32.2. The number of carbonyl (C=O) groups excluding carboxylic acids is 2. The van der Waals surface area contributed by atoms with Gasteiger partial charge in [-0.1, -0.05) is 6.92 Å². The molecule has 8 nitrogen and oxygen atoms in total. The molecular weight excluding hydrogens is 318 g/mol. The third-order valence-electron chi connectivity index (χ3n) is 3.43. The van der Waals surface area contributed by atoms with Gasteiger partial charge in [0.15, 0.2) is 0 Å². The summed E-state index contributed by atoms with van der Waals surface area (Å²) in [6.45, 7) is 3.42. The molecule has 2 atom stereocenters. The fourth-order valence-corrected chi connectivity index (χ4v) is 4.44. The van der Waals surface area contributed by atoms with Gasteiger partial charge in [0, 0.05) is 5.38 Å².